The van der Waals surface area contributed by atoms with Gasteiger partial charge in [-0.25, -0.2) is 5.43 Å². The van der Waals surface area contributed by atoms with Gasteiger partial charge in [0, 0.05) is 5.56 Å². The highest BCUT2D eigenvalue weighted by Crippen LogP contribution is 2.18. The second-order valence-electron chi connectivity index (χ2n) is 6.00. The molecule has 0 spiro atoms. The van der Waals surface area contributed by atoms with E-state index in [1.54, 1.807) is 24.3 Å². The molecule has 0 saturated heterocycles. The second kappa shape index (κ2) is 9.96. The van der Waals surface area contributed by atoms with E-state index in [1.165, 1.54) is 11.8 Å². The van der Waals surface area contributed by atoms with Crippen LogP contribution in [-0.2, 0) is 9.59 Å². The predicted octanol–water partition coefficient (Wildman–Crippen LogP) is 1.47. The topological polar surface area (TPSA) is 100 Å². The van der Waals surface area contributed by atoms with Crippen molar-refractivity contribution in [3.63, 3.8) is 0 Å². The highest BCUT2D eigenvalue weighted by Gasteiger charge is 2.04. The molecular formula is C20H21N2O5-. The lowest BCUT2D eigenvalue weighted by Gasteiger charge is -2.09. The van der Waals surface area contributed by atoms with Crippen LogP contribution in [0.4, 0.5) is 0 Å². The molecule has 2 aromatic rings. The minimum Gasteiger partial charge on any atom is -0.546 e. The number of aliphatic carboxylic acids is 1. The summed E-state index contributed by atoms with van der Waals surface area (Å²) >= 11 is 0. The monoisotopic (exact) mass is 369 g/mol. The molecule has 2 aromatic carbocycles. The number of rotatable bonds is 9. The third kappa shape index (κ3) is 6.81. The number of carboxylic acids is 1. The summed E-state index contributed by atoms with van der Waals surface area (Å²) in [4.78, 5) is 22.3. The third-order valence-electron chi connectivity index (χ3n) is 3.57. The molecular weight excluding hydrogens is 348 g/mol. The molecule has 0 aliphatic rings. The van der Waals surface area contributed by atoms with E-state index in [9.17, 15) is 14.7 Å². The summed E-state index contributed by atoms with van der Waals surface area (Å²) in [6, 6.07) is 14.2. The number of carbonyl (C=O) groups excluding carboxylic acids is 2. The van der Waals surface area contributed by atoms with Gasteiger partial charge in [0.1, 0.15) is 18.1 Å². The molecule has 7 heteroatoms. The number of nitrogens with zero attached hydrogens (tertiary/aromatic N) is 1. The first-order valence-electron chi connectivity index (χ1n) is 8.42. The van der Waals surface area contributed by atoms with Crippen LogP contribution in [0, 0.1) is 0 Å². The first kappa shape index (κ1) is 20.0. The van der Waals surface area contributed by atoms with Gasteiger partial charge < -0.3 is 19.4 Å². The lowest BCUT2D eigenvalue weighted by molar-refractivity contribution is -0.307. The molecule has 0 heterocycles. The fourth-order valence-corrected chi connectivity index (χ4v) is 2.16. The van der Waals surface area contributed by atoms with Gasteiger partial charge in [0.05, 0.1) is 12.2 Å². The Morgan fingerprint density at radius 1 is 1.07 bits per heavy atom. The lowest BCUT2D eigenvalue weighted by atomic mass is 10.0. The maximum atomic E-state index is 11.8. The van der Waals surface area contributed by atoms with E-state index in [4.69, 9.17) is 9.47 Å². The molecule has 2 rings (SSSR count). The summed E-state index contributed by atoms with van der Waals surface area (Å²) in [6.45, 7) is 3.45. The van der Waals surface area contributed by atoms with E-state index in [0.717, 1.165) is 0 Å². The Labute approximate surface area is 157 Å². The van der Waals surface area contributed by atoms with Gasteiger partial charge >= 0.3 is 0 Å². The Morgan fingerprint density at radius 3 is 2.44 bits per heavy atom. The highest BCUT2D eigenvalue weighted by molar-refractivity contribution is 5.85. The molecule has 0 fully saturated rings. The van der Waals surface area contributed by atoms with E-state index >= 15 is 0 Å². The zero-order valence-corrected chi connectivity index (χ0v) is 15.2. The largest absolute Gasteiger partial charge is 0.546 e. The van der Waals surface area contributed by atoms with Crippen molar-refractivity contribution in [1.82, 2.24) is 5.43 Å². The molecule has 7 nitrogen and oxygen atoms in total. The molecule has 0 bridgehead atoms. The van der Waals surface area contributed by atoms with Gasteiger partial charge in [0.25, 0.3) is 5.91 Å². The lowest BCUT2D eigenvalue weighted by Crippen LogP contribution is -2.29. The molecule has 1 amide bonds. The first-order chi connectivity index (χ1) is 13.0. The van der Waals surface area contributed by atoms with Crippen LogP contribution < -0.4 is 20.0 Å². The molecule has 0 aliphatic carbocycles. The van der Waals surface area contributed by atoms with E-state index in [2.05, 4.69) is 24.4 Å². The molecule has 1 N–H and O–H groups in total. The molecule has 0 aliphatic heterocycles. The van der Waals surface area contributed by atoms with Crippen LogP contribution in [0.1, 0.15) is 30.9 Å². The maximum Gasteiger partial charge on any atom is 0.277 e. The minimum absolute atomic E-state index is 0.179. The van der Waals surface area contributed by atoms with Crippen molar-refractivity contribution >= 4 is 18.1 Å². The van der Waals surface area contributed by atoms with E-state index in [0.29, 0.717) is 23.0 Å². The van der Waals surface area contributed by atoms with Crippen LogP contribution in [0.15, 0.2) is 53.6 Å². The molecule has 27 heavy (non-hydrogen) atoms. The predicted molar refractivity (Wildman–Crippen MR) is 98.7 cm³/mol. The number of hydrazone groups is 1. The second-order valence-corrected chi connectivity index (χ2v) is 6.00. The van der Waals surface area contributed by atoms with Crippen LogP contribution in [-0.4, -0.2) is 31.3 Å². The summed E-state index contributed by atoms with van der Waals surface area (Å²) in [5.74, 6) is -0.406. The van der Waals surface area contributed by atoms with Crippen LogP contribution in [0.25, 0.3) is 0 Å². The van der Waals surface area contributed by atoms with Crippen molar-refractivity contribution in [2.45, 2.75) is 19.8 Å². The Kier molecular flexibility index (Phi) is 7.37. The summed E-state index contributed by atoms with van der Waals surface area (Å²) in [7, 11) is 0. The smallest absolute Gasteiger partial charge is 0.277 e. The Hall–Kier alpha value is -3.35. The standard InChI is InChI=1S/C20H22N2O5/c1-14(2)15-7-9-17(10-8-15)26-12-19(23)22-21-11-16-5-3-4-6-18(16)27-13-20(24)25/h3-11,14H,12-13H2,1-2H3,(H,22,23)(H,24,25)/p-1/b21-11+. The van der Waals surface area contributed by atoms with Crippen LogP contribution >= 0.6 is 0 Å². The number of para-hydroxylation sites is 1. The number of benzene rings is 2. The number of amides is 1. The normalized spacial score (nSPS) is 10.8. The number of hydrogen-bond donors (Lipinski definition) is 1. The summed E-state index contributed by atoms with van der Waals surface area (Å²) in [5.41, 5.74) is 4.05. The van der Waals surface area contributed by atoms with Crippen molar-refractivity contribution in [1.29, 1.82) is 0 Å². The van der Waals surface area contributed by atoms with Crippen LogP contribution in [0.5, 0.6) is 11.5 Å². The molecule has 0 saturated carbocycles. The minimum atomic E-state index is -1.33. The van der Waals surface area contributed by atoms with Crippen molar-refractivity contribution in [2.24, 2.45) is 5.10 Å². The van der Waals surface area contributed by atoms with E-state index < -0.39 is 18.5 Å². The van der Waals surface area contributed by atoms with Crippen molar-refractivity contribution in [3.8, 4) is 11.5 Å². The van der Waals surface area contributed by atoms with Crippen molar-refractivity contribution in [3.05, 3.63) is 59.7 Å². The Bertz CT molecular complexity index is 800. The zero-order valence-electron chi connectivity index (χ0n) is 15.2. The number of nitrogens with one attached hydrogen (secondary N) is 1. The fraction of sp³-hybridized carbons (Fsp3) is 0.250. The zero-order chi connectivity index (χ0) is 19.6. The van der Waals surface area contributed by atoms with Crippen LogP contribution in [0.2, 0.25) is 0 Å². The number of hydrogen-bond acceptors (Lipinski definition) is 6. The van der Waals surface area contributed by atoms with Gasteiger partial charge in [-0.1, -0.05) is 38.1 Å². The van der Waals surface area contributed by atoms with Gasteiger partial charge in [-0.3, -0.25) is 4.79 Å². The Balaban J connectivity index is 1.84. The van der Waals surface area contributed by atoms with Crippen molar-refractivity contribution < 1.29 is 24.2 Å². The molecule has 0 radical (unpaired) electrons. The summed E-state index contributed by atoms with van der Waals surface area (Å²) < 4.78 is 10.5. The quantitative estimate of drug-likeness (QED) is 0.533. The number of ether oxygens (including phenoxy) is 2. The molecule has 0 atom stereocenters. The molecule has 0 unspecified atom stereocenters. The van der Waals surface area contributed by atoms with E-state index in [-0.39, 0.29) is 6.61 Å². The Morgan fingerprint density at radius 2 is 1.78 bits per heavy atom. The fourth-order valence-electron chi connectivity index (χ4n) is 2.16. The first-order valence-corrected chi connectivity index (χ1v) is 8.42. The maximum absolute atomic E-state index is 11.8. The van der Waals surface area contributed by atoms with Crippen molar-refractivity contribution in [2.75, 3.05) is 13.2 Å². The molecule has 0 aromatic heterocycles. The molecule has 142 valence electrons. The number of carbonyl (C=O) groups is 2. The SMILES string of the molecule is CC(C)c1ccc(OCC(=O)N/N=C/c2ccccc2OCC(=O)[O-])cc1. The van der Waals surface area contributed by atoms with Gasteiger partial charge in [0.2, 0.25) is 0 Å². The van der Waals surface area contributed by atoms with Gasteiger partial charge in [0.15, 0.2) is 6.61 Å². The van der Waals surface area contributed by atoms with Gasteiger partial charge in [-0.05, 0) is 35.7 Å². The van der Waals surface area contributed by atoms with Crippen LogP contribution in [0.3, 0.4) is 0 Å². The van der Waals surface area contributed by atoms with E-state index in [1.807, 2.05) is 24.3 Å². The third-order valence-corrected chi connectivity index (χ3v) is 3.57. The van der Waals surface area contributed by atoms with Gasteiger partial charge in [-0.15, -0.1) is 0 Å². The van der Waals surface area contributed by atoms with Gasteiger partial charge in [-0.2, -0.15) is 5.10 Å². The average molecular weight is 369 g/mol. The summed E-state index contributed by atoms with van der Waals surface area (Å²) in [6.07, 6.45) is 1.36. The highest BCUT2D eigenvalue weighted by atomic mass is 16.5. The average Bonchev–Trinajstić information content (AvgIpc) is 2.66. The summed E-state index contributed by atoms with van der Waals surface area (Å²) in [5, 5.41) is 14.3. The number of carboxylic acid groups (broad SMARTS) is 1.